The molecule has 3 unspecified atom stereocenters. The number of rotatable bonds is 4. The van der Waals surface area contributed by atoms with Gasteiger partial charge in [0.1, 0.15) is 0 Å². The molecule has 1 aliphatic rings. The van der Waals surface area contributed by atoms with Crippen LogP contribution in [0.3, 0.4) is 0 Å². The molecule has 1 saturated carbocycles. The van der Waals surface area contributed by atoms with Crippen LogP contribution >= 0.6 is 0 Å². The lowest BCUT2D eigenvalue weighted by molar-refractivity contribution is -0.146. The van der Waals surface area contributed by atoms with Crippen molar-refractivity contribution >= 4 is 5.97 Å². The van der Waals surface area contributed by atoms with E-state index in [1.165, 1.54) is 13.5 Å². The van der Waals surface area contributed by atoms with Gasteiger partial charge in [0.15, 0.2) is 0 Å². The fraction of sp³-hybridized carbons (Fsp3) is 0.909. The highest BCUT2D eigenvalue weighted by molar-refractivity contribution is 5.72. The molecule has 0 amide bonds. The standard InChI is InChI=1S/C11H21NO2/c1-8(11(13)14-2)10-4-3-9(7-10)5-6-12/h8-10H,3-7,12H2,1-2H3. The molecule has 0 saturated heterocycles. The third-order valence-corrected chi connectivity index (χ3v) is 3.44. The lowest BCUT2D eigenvalue weighted by Gasteiger charge is -2.16. The Morgan fingerprint density at radius 2 is 2.29 bits per heavy atom. The second-order valence-corrected chi connectivity index (χ2v) is 4.33. The van der Waals surface area contributed by atoms with Gasteiger partial charge in [-0.3, -0.25) is 4.79 Å². The van der Waals surface area contributed by atoms with Crippen LogP contribution in [0.5, 0.6) is 0 Å². The molecule has 3 nitrogen and oxygen atoms in total. The molecule has 0 spiro atoms. The first-order chi connectivity index (χ1) is 6.69. The minimum Gasteiger partial charge on any atom is -0.469 e. The number of carbonyl (C=O) groups excluding carboxylic acids is 1. The molecule has 14 heavy (non-hydrogen) atoms. The van der Waals surface area contributed by atoms with E-state index in [2.05, 4.69) is 0 Å². The van der Waals surface area contributed by atoms with Gasteiger partial charge in [0.05, 0.1) is 13.0 Å². The molecule has 3 heteroatoms. The third kappa shape index (κ3) is 2.71. The summed E-state index contributed by atoms with van der Waals surface area (Å²) < 4.78 is 4.76. The maximum Gasteiger partial charge on any atom is 0.308 e. The number of ether oxygens (including phenoxy) is 1. The molecule has 0 aromatic heterocycles. The first-order valence-corrected chi connectivity index (χ1v) is 5.47. The summed E-state index contributed by atoms with van der Waals surface area (Å²) in [7, 11) is 1.46. The Morgan fingerprint density at radius 1 is 1.57 bits per heavy atom. The van der Waals surface area contributed by atoms with Gasteiger partial charge >= 0.3 is 5.97 Å². The molecule has 0 bridgehead atoms. The summed E-state index contributed by atoms with van der Waals surface area (Å²) in [5, 5.41) is 0. The quantitative estimate of drug-likeness (QED) is 0.699. The highest BCUT2D eigenvalue weighted by Crippen LogP contribution is 2.37. The SMILES string of the molecule is COC(=O)C(C)C1CCC(CCN)C1. The van der Waals surface area contributed by atoms with E-state index in [-0.39, 0.29) is 11.9 Å². The van der Waals surface area contributed by atoms with Gasteiger partial charge in [-0.25, -0.2) is 0 Å². The van der Waals surface area contributed by atoms with Crippen LogP contribution in [0.1, 0.15) is 32.6 Å². The zero-order valence-electron chi connectivity index (χ0n) is 9.16. The van der Waals surface area contributed by atoms with E-state index in [0.29, 0.717) is 5.92 Å². The molecular formula is C11H21NO2. The van der Waals surface area contributed by atoms with Crippen molar-refractivity contribution in [1.29, 1.82) is 0 Å². The Labute approximate surface area is 86.0 Å². The Morgan fingerprint density at radius 3 is 2.86 bits per heavy atom. The van der Waals surface area contributed by atoms with Crippen molar-refractivity contribution in [2.75, 3.05) is 13.7 Å². The van der Waals surface area contributed by atoms with Crippen LogP contribution in [0, 0.1) is 17.8 Å². The summed E-state index contributed by atoms with van der Waals surface area (Å²) in [5.41, 5.74) is 5.52. The minimum absolute atomic E-state index is 0.0581. The Hall–Kier alpha value is -0.570. The maximum absolute atomic E-state index is 11.3. The largest absolute Gasteiger partial charge is 0.469 e. The van der Waals surface area contributed by atoms with Crippen LogP contribution in [0.15, 0.2) is 0 Å². The summed E-state index contributed by atoms with van der Waals surface area (Å²) in [6.45, 7) is 2.74. The van der Waals surface area contributed by atoms with Crippen LogP contribution in [-0.2, 0) is 9.53 Å². The summed E-state index contributed by atoms with van der Waals surface area (Å²) in [4.78, 5) is 11.3. The third-order valence-electron chi connectivity index (χ3n) is 3.44. The second-order valence-electron chi connectivity index (χ2n) is 4.33. The van der Waals surface area contributed by atoms with Crippen LogP contribution < -0.4 is 5.73 Å². The molecule has 1 rings (SSSR count). The van der Waals surface area contributed by atoms with Gasteiger partial charge < -0.3 is 10.5 Å². The molecule has 0 aliphatic heterocycles. The predicted molar refractivity (Wildman–Crippen MR) is 55.7 cm³/mol. The molecule has 82 valence electrons. The first kappa shape index (κ1) is 11.5. The van der Waals surface area contributed by atoms with Crippen molar-refractivity contribution in [3.05, 3.63) is 0 Å². The van der Waals surface area contributed by atoms with Gasteiger partial charge in [-0.15, -0.1) is 0 Å². The average Bonchev–Trinajstić information content (AvgIpc) is 2.64. The van der Waals surface area contributed by atoms with E-state index >= 15 is 0 Å². The molecule has 0 radical (unpaired) electrons. The molecule has 1 aliphatic carbocycles. The number of carbonyl (C=O) groups is 1. The smallest absolute Gasteiger partial charge is 0.308 e. The van der Waals surface area contributed by atoms with Crippen molar-refractivity contribution in [3.63, 3.8) is 0 Å². The van der Waals surface area contributed by atoms with Gasteiger partial charge in [-0.05, 0) is 37.6 Å². The Kier molecular flexibility index (Phi) is 4.39. The highest BCUT2D eigenvalue weighted by Gasteiger charge is 2.31. The van der Waals surface area contributed by atoms with E-state index in [1.807, 2.05) is 6.92 Å². The van der Waals surface area contributed by atoms with Gasteiger partial charge in [0.2, 0.25) is 0 Å². The summed E-state index contributed by atoms with van der Waals surface area (Å²) in [5.74, 6) is 1.24. The number of esters is 1. The van der Waals surface area contributed by atoms with Crippen molar-refractivity contribution in [1.82, 2.24) is 0 Å². The Bertz CT molecular complexity index is 194. The van der Waals surface area contributed by atoms with E-state index in [0.717, 1.165) is 31.7 Å². The van der Waals surface area contributed by atoms with Crippen molar-refractivity contribution in [2.24, 2.45) is 23.5 Å². The van der Waals surface area contributed by atoms with E-state index in [9.17, 15) is 4.79 Å². The molecule has 2 N–H and O–H groups in total. The normalized spacial score (nSPS) is 28.8. The van der Waals surface area contributed by atoms with E-state index < -0.39 is 0 Å². The van der Waals surface area contributed by atoms with Crippen LogP contribution in [0.25, 0.3) is 0 Å². The second kappa shape index (κ2) is 5.35. The van der Waals surface area contributed by atoms with Gasteiger partial charge in [0.25, 0.3) is 0 Å². The number of nitrogens with two attached hydrogens (primary N) is 1. The topological polar surface area (TPSA) is 52.3 Å². The fourth-order valence-corrected chi connectivity index (χ4v) is 2.44. The maximum atomic E-state index is 11.3. The molecule has 0 aromatic carbocycles. The molecule has 0 aromatic rings. The van der Waals surface area contributed by atoms with Gasteiger partial charge in [0, 0.05) is 0 Å². The molecule has 1 fully saturated rings. The van der Waals surface area contributed by atoms with Gasteiger partial charge in [-0.1, -0.05) is 13.3 Å². The Balaban J connectivity index is 2.37. The fourth-order valence-electron chi connectivity index (χ4n) is 2.44. The number of methoxy groups -OCH3 is 1. The number of hydrogen-bond donors (Lipinski definition) is 1. The summed E-state index contributed by atoms with van der Waals surface area (Å²) in [6, 6.07) is 0. The van der Waals surface area contributed by atoms with E-state index in [4.69, 9.17) is 10.5 Å². The predicted octanol–water partition coefficient (Wildman–Crippen LogP) is 1.56. The minimum atomic E-state index is -0.0663. The summed E-state index contributed by atoms with van der Waals surface area (Å²) in [6.07, 6.45) is 4.63. The van der Waals surface area contributed by atoms with Crippen molar-refractivity contribution < 1.29 is 9.53 Å². The lowest BCUT2D eigenvalue weighted by Crippen LogP contribution is -2.20. The van der Waals surface area contributed by atoms with Gasteiger partial charge in [-0.2, -0.15) is 0 Å². The van der Waals surface area contributed by atoms with Crippen LogP contribution in [0.4, 0.5) is 0 Å². The zero-order valence-corrected chi connectivity index (χ0v) is 9.16. The average molecular weight is 199 g/mol. The van der Waals surface area contributed by atoms with Crippen LogP contribution in [0.2, 0.25) is 0 Å². The first-order valence-electron chi connectivity index (χ1n) is 5.47. The van der Waals surface area contributed by atoms with Crippen molar-refractivity contribution in [2.45, 2.75) is 32.6 Å². The highest BCUT2D eigenvalue weighted by atomic mass is 16.5. The lowest BCUT2D eigenvalue weighted by atomic mass is 9.91. The van der Waals surface area contributed by atoms with Crippen molar-refractivity contribution in [3.8, 4) is 0 Å². The monoisotopic (exact) mass is 199 g/mol. The van der Waals surface area contributed by atoms with Crippen LogP contribution in [-0.4, -0.2) is 19.6 Å². The molecule has 0 heterocycles. The zero-order chi connectivity index (χ0) is 10.6. The van der Waals surface area contributed by atoms with E-state index in [1.54, 1.807) is 0 Å². The molecular weight excluding hydrogens is 178 g/mol. The number of hydrogen-bond acceptors (Lipinski definition) is 3. The molecule has 3 atom stereocenters. The summed E-state index contributed by atoms with van der Waals surface area (Å²) >= 11 is 0.